The molecule has 0 bridgehead atoms. The molecular formula is C27H29Cl2N3O4S. The van der Waals surface area contributed by atoms with Crippen LogP contribution < -0.4 is 9.62 Å². The van der Waals surface area contributed by atoms with Crippen LogP contribution >= 0.6 is 23.2 Å². The van der Waals surface area contributed by atoms with E-state index in [2.05, 4.69) is 5.32 Å². The average Bonchev–Trinajstić information content (AvgIpc) is 2.87. The lowest BCUT2D eigenvalue weighted by molar-refractivity contribution is -0.139. The monoisotopic (exact) mass is 561 g/mol. The number of halogens is 2. The predicted octanol–water partition coefficient (Wildman–Crippen LogP) is 4.97. The van der Waals surface area contributed by atoms with Gasteiger partial charge in [0.25, 0.3) is 10.0 Å². The molecule has 0 radical (unpaired) electrons. The zero-order valence-corrected chi connectivity index (χ0v) is 23.4. The molecule has 7 nitrogen and oxygen atoms in total. The van der Waals surface area contributed by atoms with Gasteiger partial charge in [-0.05, 0) is 68.3 Å². The maximum Gasteiger partial charge on any atom is 0.264 e. The summed E-state index contributed by atoms with van der Waals surface area (Å²) in [4.78, 5) is 27.7. The minimum atomic E-state index is -4.16. The number of amides is 2. The van der Waals surface area contributed by atoms with Crippen LogP contribution in [0.3, 0.4) is 0 Å². The van der Waals surface area contributed by atoms with Crippen LogP contribution in [0.2, 0.25) is 10.0 Å². The number of hydrogen-bond acceptors (Lipinski definition) is 4. The molecule has 0 spiro atoms. The Labute approximate surface area is 228 Å². The van der Waals surface area contributed by atoms with Crippen molar-refractivity contribution in [1.82, 2.24) is 10.2 Å². The fourth-order valence-corrected chi connectivity index (χ4v) is 5.54. The molecule has 1 atom stereocenters. The van der Waals surface area contributed by atoms with Gasteiger partial charge >= 0.3 is 0 Å². The topological polar surface area (TPSA) is 86.8 Å². The molecule has 0 aliphatic carbocycles. The van der Waals surface area contributed by atoms with Crippen LogP contribution in [-0.4, -0.2) is 44.8 Å². The zero-order valence-electron chi connectivity index (χ0n) is 21.0. The van der Waals surface area contributed by atoms with Crippen LogP contribution in [0.1, 0.15) is 23.6 Å². The number of nitrogens with zero attached hydrogens (tertiary/aromatic N) is 2. The van der Waals surface area contributed by atoms with Crippen molar-refractivity contribution >= 4 is 50.7 Å². The van der Waals surface area contributed by atoms with Crippen LogP contribution in [0.25, 0.3) is 0 Å². The fourth-order valence-electron chi connectivity index (χ4n) is 3.78. The number of hydrogen-bond donors (Lipinski definition) is 1. The van der Waals surface area contributed by atoms with Gasteiger partial charge in [0.05, 0.1) is 10.6 Å². The minimum absolute atomic E-state index is 0.0360. The molecule has 37 heavy (non-hydrogen) atoms. The van der Waals surface area contributed by atoms with Crippen LogP contribution in [0.4, 0.5) is 5.69 Å². The molecule has 3 aromatic rings. The van der Waals surface area contributed by atoms with Gasteiger partial charge < -0.3 is 10.2 Å². The highest BCUT2D eigenvalue weighted by Crippen LogP contribution is 2.30. The van der Waals surface area contributed by atoms with Crippen molar-refractivity contribution in [2.24, 2.45) is 0 Å². The summed E-state index contributed by atoms with van der Waals surface area (Å²) in [6, 6.07) is 17.3. The van der Waals surface area contributed by atoms with Crippen molar-refractivity contribution in [3.63, 3.8) is 0 Å². The van der Waals surface area contributed by atoms with E-state index in [1.54, 1.807) is 62.4 Å². The van der Waals surface area contributed by atoms with E-state index in [1.807, 2.05) is 6.92 Å². The molecule has 0 fully saturated rings. The number of sulfonamides is 1. The quantitative estimate of drug-likeness (QED) is 0.399. The Morgan fingerprint density at radius 3 is 2.11 bits per heavy atom. The smallest absolute Gasteiger partial charge is 0.264 e. The second-order valence-electron chi connectivity index (χ2n) is 8.69. The van der Waals surface area contributed by atoms with E-state index < -0.39 is 28.5 Å². The van der Waals surface area contributed by atoms with Crippen molar-refractivity contribution in [1.29, 1.82) is 0 Å². The minimum Gasteiger partial charge on any atom is -0.357 e. The third kappa shape index (κ3) is 6.83. The van der Waals surface area contributed by atoms with E-state index in [0.29, 0.717) is 15.6 Å². The highest BCUT2D eigenvalue weighted by molar-refractivity contribution is 7.92. The SMILES string of the molecule is CNC(=O)[C@@H](C)N(Cc1ccc(Cl)cc1)C(=O)CN(c1cc(Cl)ccc1C)S(=O)(=O)c1ccc(C)cc1. The molecule has 1 N–H and O–H groups in total. The molecular weight excluding hydrogens is 533 g/mol. The number of carbonyl (C=O) groups is 2. The van der Waals surface area contributed by atoms with Crippen molar-refractivity contribution in [2.75, 3.05) is 17.9 Å². The Kier molecular flexibility index (Phi) is 9.23. The Morgan fingerprint density at radius 2 is 1.51 bits per heavy atom. The van der Waals surface area contributed by atoms with Gasteiger partial charge in [0.1, 0.15) is 12.6 Å². The average molecular weight is 563 g/mol. The van der Waals surface area contributed by atoms with E-state index in [9.17, 15) is 18.0 Å². The molecule has 2 amide bonds. The van der Waals surface area contributed by atoms with Crippen molar-refractivity contribution < 1.29 is 18.0 Å². The number of anilines is 1. The number of benzene rings is 3. The maximum absolute atomic E-state index is 13.8. The standard InChI is InChI=1S/C27H29Cl2N3O4S/c1-18-5-13-24(14-6-18)37(35,36)32(25-15-23(29)10-7-19(25)2)17-26(33)31(20(3)27(34)30-4)16-21-8-11-22(28)12-9-21/h5-15,20H,16-17H2,1-4H3,(H,30,34)/t20-/m1/s1. The Morgan fingerprint density at radius 1 is 0.919 bits per heavy atom. The van der Waals surface area contributed by atoms with Crippen molar-refractivity contribution in [3.8, 4) is 0 Å². The third-order valence-corrected chi connectivity index (χ3v) is 8.27. The van der Waals surface area contributed by atoms with Crippen molar-refractivity contribution in [3.05, 3.63) is 93.5 Å². The van der Waals surface area contributed by atoms with E-state index in [0.717, 1.165) is 15.4 Å². The van der Waals surface area contributed by atoms with Gasteiger partial charge in [0.2, 0.25) is 11.8 Å². The van der Waals surface area contributed by atoms with Crippen LogP contribution in [0.5, 0.6) is 0 Å². The summed E-state index contributed by atoms with van der Waals surface area (Å²) in [6.07, 6.45) is 0. The molecule has 0 unspecified atom stereocenters. The molecule has 0 aliphatic heterocycles. The zero-order chi connectivity index (χ0) is 27.3. The molecule has 0 saturated heterocycles. The first-order chi connectivity index (χ1) is 17.4. The molecule has 0 aromatic heterocycles. The third-order valence-electron chi connectivity index (χ3n) is 6.01. The summed E-state index contributed by atoms with van der Waals surface area (Å²) < 4.78 is 28.7. The highest BCUT2D eigenvalue weighted by atomic mass is 35.5. The maximum atomic E-state index is 13.8. The number of nitrogens with one attached hydrogen (secondary N) is 1. The normalized spacial score (nSPS) is 12.1. The first-order valence-corrected chi connectivity index (χ1v) is 13.7. The Hall–Kier alpha value is -3.07. The summed E-state index contributed by atoms with van der Waals surface area (Å²) in [5, 5.41) is 3.42. The molecule has 0 aliphatic rings. The number of aryl methyl sites for hydroxylation is 2. The molecule has 10 heteroatoms. The van der Waals surface area contributed by atoms with E-state index >= 15 is 0 Å². The van der Waals surface area contributed by atoms with Gasteiger partial charge in [0.15, 0.2) is 0 Å². The van der Waals surface area contributed by atoms with Crippen LogP contribution in [0, 0.1) is 13.8 Å². The molecule has 0 heterocycles. The summed E-state index contributed by atoms with van der Waals surface area (Å²) in [7, 11) is -2.68. The van der Waals surface area contributed by atoms with E-state index in [4.69, 9.17) is 23.2 Å². The fraction of sp³-hybridized carbons (Fsp3) is 0.259. The molecule has 196 valence electrons. The Balaban J connectivity index is 2.07. The lowest BCUT2D eigenvalue weighted by atomic mass is 10.1. The van der Waals surface area contributed by atoms with Gasteiger partial charge in [-0.2, -0.15) is 0 Å². The van der Waals surface area contributed by atoms with Gasteiger partial charge in [0, 0.05) is 23.6 Å². The second kappa shape index (κ2) is 12.0. The van der Waals surface area contributed by atoms with Gasteiger partial charge in [-0.15, -0.1) is 0 Å². The summed E-state index contributed by atoms with van der Waals surface area (Å²) in [5.41, 5.74) is 2.53. The van der Waals surface area contributed by atoms with E-state index in [1.165, 1.54) is 30.1 Å². The molecule has 3 aromatic carbocycles. The van der Waals surface area contributed by atoms with Gasteiger partial charge in [-0.3, -0.25) is 13.9 Å². The molecule has 0 saturated carbocycles. The second-order valence-corrected chi connectivity index (χ2v) is 11.4. The van der Waals surface area contributed by atoms with Gasteiger partial charge in [-0.1, -0.05) is 59.1 Å². The summed E-state index contributed by atoms with van der Waals surface area (Å²) in [6.45, 7) is 4.74. The Bertz CT molecular complexity index is 1380. The number of rotatable bonds is 9. The highest BCUT2D eigenvalue weighted by Gasteiger charge is 2.33. The predicted molar refractivity (Wildman–Crippen MR) is 147 cm³/mol. The van der Waals surface area contributed by atoms with Gasteiger partial charge in [-0.25, -0.2) is 8.42 Å². The van der Waals surface area contributed by atoms with Crippen LogP contribution in [0.15, 0.2) is 71.6 Å². The lowest BCUT2D eigenvalue weighted by Gasteiger charge is -2.32. The molecule has 3 rings (SSSR count). The summed E-state index contributed by atoms with van der Waals surface area (Å²) >= 11 is 12.2. The summed E-state index contributed by atoms with van der Waals surface area (Å²) in [5.74, 6) is -0.935. The number of carbonyl (C=O) groups excluding carboxylic acids is 2. The van der Waals surface area contributed by atoms with Crippen LogP contribution in [-0.2, 0) is 26.2 Å². The van der Waals surface area contributed by atoms with Crippen molar-refractivity contribution in [2.45, 2.75) is 38.3 Å². The lowest BCUT2D eigenvalue weighted by Crippen LogP contribution is -2.50. The largest absolute Gasteiger partial charge is 0.357 e. The first-order valence-electron chi connectivity index (χ1n) is 11.5. The first kappa shape index (κ1) is 28.5. The van der Waals surface area contributed by atoms with E-state index in [-0.39, 0.29) is 23.0 Å². The number of likely N-dealkylation sites (N-methyl/N-ethyl adjacent to an activating group) is 1.